The van der Waals surface area contributed by atoms with Crippen molar-refractivity contribution >= 4 is 34.8 Å². The number of para-hydroxylation sites is 1. The van der Waals surface area contributed by atoms with Crippen molar-refractivity contribution < 1.29 is 42.2 Å². The summed E-state index contributed by atoms with van der Waals surface area (Å²) in [4.78, 5) is 58.6. The number of ether oxygens (including phenoxy) is 3. The number of nitrogens with two attached hydrogens (primary N) is 1. The molecule has 292 valence electrons. The maximum atomic E-state index is 14.9. The number of furan rings is 1. The van der Waals surface area contributed by atoms with Gasteiger partial charge >= 0.3 is 12.1 Å². The minimum absolute atomic E-state index is 0.0474. The Morgan fingerprint density at radius 1 is 1.00 bits per heavy atom. The van der Waals surface area contributed by atoms with Crippen molar-refractivity contribution in [2.24, 2.45) is 29.4 Å². The topological polar surface area (TPSA) is 154 Å². The summed E-state index contributed by atoms with van der Waals surface area (Å²) in [6.07, 6.45) is 6.90. The zero-order chi connectivity index (χ0) is 37.7. The summed E-state index contributed by atoms with van der Waals surface area (Å²) in [5, 5.41) is 3.39. The van der Waals surface area contributed by atoms with E-state index >= 15 is 0 Å². The monoisotopic (exact) mass is 740 g/mol. The number of hydrogen-bond donors (Lipinski definition) is 2. The van der Waals surface area contributed by atoms with Gasteiger partial charge in [0.05, 0.1) is 25.3 Å². The number of hydrogen-bond acceptors (Lipinski definition) is 9. The van der Waals surface area contributed by atoms with Crippen LogP contribution >= 0.6 is 0 Å². The summed E-state index contributed by atoms with van der Waals surface area (Å²) in [7, 11) is 0. The number of halogens is 1. The highest BCUT2D eigenvalue weighted by molar-refractivity contribution is 5.98. The van der Waals surface area contributed by atoms with E-state index in [9.17, 15) is 23.6 Å². The predicted octanol–water partition coefficient (Wildman–Crippen LogP) is 5.91. The lowest BCUT2D eigenvalue weighted by Crippen LogP contribution is -2.51. The maximum Gasteiger partial charge on any atom is 0.407 e. The van der Waals surface area contributed by atoms with Crippen LogP contribution in [-0.2, 0) is 23.8 Å². The fraction of sp³-hybridized carbons (Fsp3) is 0.700. The molecule has 0 bridgehead atoms. The molecular formula is C40H57FN4O8. The number of benzene rings is 1. The summed E-state index contributed by atoms with van der Waals surface area (Å²) in [5.74, 6) is -1.88. The zero-order valence-corrected chi connectivity index (χ0v) is 31.5. The largest absolute Gasteiger partial charge is 0.458 e. The van der Waals surface area contributed by atoms with Gasteiger partial charge in [-0.1, -0.05) is 50.3 Å². The highest BCUT2D eigenvalue weighted by Crippen LogP contribution is 2.51. The number of nitrogens with zero attached hydrogens (tertiary/aromatic N) is 2. The first-order valence-corrected chi connectivity index (χ1v) is 19.6. The molecular weight excluding hydrogens is 683 g/mol. The van der Waals surface area contributed by atoms with Crippen LogP contribution in [0.2, 0.25) is 0 Å². The van der Waals surface area contributed by atoms with Crippen molar-refractivity contribution in [2.45, 2.75) is 109 Å². The van der Waals surface area contributed by atoms with Crippen LogP contribution in [0.15, 0.2) is 28.7 Å². The molecule has 0 spiro atoms. The second kappa shape index (κ2) is 17.2. The zero-order valence-electron chi connectivity index (χ0n) is 31.5. The number of morpholine rings is 1. The number of nitrogens with one attached hydrogen (secondary N) is 1. The number of esters is 1. The third-order valence-electron chi connectivity index (χ3n) is 11.8. The molecule has 2 saturated heterocycles. The van der Waals surface area contributed by atoms with Crippen LogP contribution in [0.25, 0.3) is 11.0 Å². The van der Waals surface area contributed by atoms with Crippen molar-refractivity contribution in [3.63, 3.8) is 0 Å². The van der Waals surface area contributed by atoms with E-state index in [1.165, 1.54) is 0 Å². The molecule has 1 aromatic heterocycles. The molecule has 4 aliphatic rings. The van der Waals surface area contributed by atoms with Crippen molar-refractivity contribution in [2.75, 3.05) is 46.1 Å². The molecule has 12 nitrogen and oxygen atoms in total. The normalized spacial score (nSPS) is 26.6. The van der Waals surface area contributed by atoms with Crippen molar-refractivity contribution in [1.29, 1.82) is 0 Å². The fourth-order valence-corrected chi connectivity index (χ4v) is 9.23. The molecule has 13 heteroatoms. The van der Waals surface area contributed by atoms with E-state index < -0.39 is 54.3 Å². The summed E-state index contributed by atoms with van der Waals surface area (Å²) >= 11 is 0. The van der Waals surface area contributed by atoms with E-state index in [2.05, 4.69) is 10.2 Å². The van der Waals surface area contributed by atoms with Crippen LogP contribution in [0.3, 0.4) is 0 Å². The number of fused-ring (bicyclic) bond motifs is 1. The summed E-state index contributed by atoms with van der Waals surface area (Å²) in [6, 6.07) is 5.16. The average molecular weight is 741 g/mol. The summed E-state index contributed by atoms with van der Waals surface area (Å²) in [6.45, 7) is 8.04. The molecule has 53 heavy (non-hydrogen) atoms. The maximum absolute atomic E-state index is 14.9. The predicted molar refractivity (Wildman–Crippen MR) is 196 cm³/mol. The first-order chi connectivity index (χ1) is 25.4. The van der Waals surface area contributed by atoms with Gasteiger partial charge in [-0.25, -0.2) is 14.0 Å². The van der Waals surface area contributed by atoms with Gasteiger partial charge in [-0.2, -0.15) is 0 Å². The number of alkyl carbamates (subject to hydrolysis) is 1. The average Bonchev–Trinajstić information content (AvgIpc) is 3.73. The number of amides is 3. The molecule has 1 aromatic carbocycles. The van der Waals surface area contributed by atoms with Crippen LogP contribution < -0.4 is 11.1 Å². The van der Waals surface area contributed by atoms with E-state index in [1.807, 2.05) is 18.2 Å². The second-order valence-electron chi connectivity index (χ2n) is 16.4. The first-order valence-electron chi connectivity index (χ1n) is 19.6. The van der Waals surface area contributed by atoms with Crippen LogP contribution in [0.4, 0.5) is 9.18 Å². The molecule has 4 fully saturated rings. The Hall–Kier alpha value is -3.71. The Morgan fingerprint density at radius 2 is 1.70 bits per heavy atom. The van der Waals surface area contributed by atoms with E-state index in [-0.39, 0.29) is 36.0 Å². The van der Waals surface area contributed by atoms with Gasteiger partial charge in [0.15, 0.2) is 0 Å². The van der Waals surface area contributed by atoms with Gasteiger partial charge in [0.1, 0.15) is 30.5 Å². The third kappa shape index (κ3) is 9.16. The summed E-state index contributed by atoms with van der Waals surface area (Å²) < 4.78 is 37.1. The van der Waals surface area contributed by atoms with Crippen LogP contribution in [0.1, 0.15) is 107 Å². The highest BCUT2D eigenvalue weighted by atomic mass is 19.1. The number of carbonyl (C=O) groups is 4. The lowest BCUT2D eigenvalue weighted by molar-refractivity contribution is -0.145. The number of carbonyl (C=O) groups excluding carboxylic acids is 4. The van der Waals surface area contributed by atoms with Crippen molar-refractivity contribution in [1.82, 2.24) is 15.1 Å². The molecule has 2 aromatic rings. The van der Waals surface area contributed by atoms with Gasteiger partial charge in [0, 0.05) is 36.5 Å². The Bertz CT molecular complexity index is 1590. The molecule has 3 N–H and O–H groups in total. The summed E-state index contributed by atoms with van der Waals surface area (Å²) in [5.41, 5.74) is 6.58. The third-order valence-corrected chi connectivity index (χ3v) is 11.8. The molecule has 2 aliphatic heterocycles. The Kier molecular flexibility index (Phi) is 12.6. The molecule has 3 amide bonds. The lowest BCUT2D eigenvalue weighted by Gasteiger charge is -2.38. The first kappa shape index (κ1) is 39.0. The van der Waals surface area contributed by atoms with Crippen LogP contribution in [0, 0.1) is 23.7 Å². The van der Waals surface area contributed by atoms with Gasteiger partial charge in [-0.3, -0.25) is 14.5 Å². The minimum atomic E-state index is -0.848. The highest BCUT2D eigenvalue weighted by Gasteiger charge is 2.53. The molecule has 0 radical (unpaired) electrons. The van der Waals surface area contributed by atoms with Gasteiger partial charge in [0.2, 0.25) is 17.6 Å². The Labute approximate surface area is 311 Å². The lowest BCUT2D eigenvalue weighted by atomic mass is 9.75. The smallest absolute Gasteiger partial charge is 0.407 e. The Morgan fingerprint density at radius 3 is 2.36 bits per heavy atom. The van der Waals surface area contributed by atoms with Gasteiger partial charge < -0.3 is 34.6 Å². The molecule has 6 rings (SSSR count). The van der Waals surface area contributed by atoms with Gasteiger partial charge in [-0.15, -0.1) is 0 Å². The quantitative estimate of drug-likeness (QED) is 0.268. The van der Waals surface area contributed by atoms with E-state index in [0.29, 0.717) is 68.4 Å². The van der Waals surface area contributed by atoms with Gasteiger partial charge in [0.25, 0.3) is 0 Å². The number of primary amides is 1. The second-order valence-corrected chi connectivity index (χ2v) is 16.4. The van der Waals surface area contributed by atoms with E-state index in [4.69, 9.17) is 24.4 Å². The molecule has 2 saturated carbocycles. The fourth-order valence-electron chi connectivity index (χ4n) is 9.23. The SMILES string of the molecule is CC(C)(C)OC(=O)NC(CF)[C@H]1CC[C@H](C(=O)N2C(c3c(C(=O)OCCN4CCOCC4)oc4ccccc34)C[C@@H](C3CCCCC3)[C@H]2C(N)=O)CC1. The molecule has 4 atom stereocenters. The number of likely N-dealkylation sites (tertiary alicyclic amines) is 1. The molecule has 2 unspecified atom stereocenters. The van der Waals surface area contributed by atoms with Gasteiger partial charge in [-0.05, 0) is 76.7 Å². The van der Waals surface area contributed by atoms with Crippen molar-refractivity contribution in [3.8, 4) is 0 Å². The minimum Gasteiger partial charge on any atom is -0.458 e. The molecule has 3 heterocycles. The van der Waals surface area contributed by atoms with E-state index in [1.54, 1.807) is 31.7 Å². The van der Waals surface area contributed by atoms with Crippen LogP contribution in [0.5, 0.6) is 0 Å². The Balaban J connectivity index is 1.27. The van der Waals surface area contributed by atoms with Crippen LogP contribution in [-0.4, -0.2) is 97.5 Å². The number of alkyl halides is 1. The standard InChI is InChI=1S/C40H57FN4O8/c1-40(2,3)53-39(49)43-30(24-41)26-13-15-27(16-14-26)37(47)45-31(23-29(34(45)36(42)46)25-9-5-4-6-10-25)33-28-11-7-8-12-32(28)52-35(33)38(48)51-22-19-44-17-20-50-21-18-44/h7-8,11-12,25-27,29-31,34H,4-6,9-10,13-24H2,1-3H3,(H2,42,46)(H,43,49)/t26-,27-,29-,30?,31?,34-/m0/s1. The van der Waals surface area contributed by atoms with Crippen molar-refractivity contribution in [3.05, 3.63) is 35.6 Å². The number of rotatable bonds is 11. The van der Waals surface area contributed by atoms with E-state index in [0.717, 1.165) is 45.2 Å². The molecule has 2 aliphatic carbocycles.